The topological polar surface area (TPSA) is 102 Å². The van der Waals surface area contributed by atoms with E-state index < -0.39 is 35.1 Å². The van der Waals surface area contributed by atoms with Gasteiger partial charge in [-0.1, -0.05) is 40.9 Å². The number of hydrogen-bond acceptors (Lipinski definition) is 5. The standard InChI is InChI=1S/C18H17Cl3N2O5S/c1-10-3-4-12(5-11(10)2)29(26,27)22-8-18(25)28-9-17(24)23-16-7-14(20)13(19)6-15(16)21/h3-7,22H,8-9H2,1-2H3,(H,23,24). The predicted octanol–water partition coefficient (Wildman–Crippen LogP) is 3.72. The number of esters is 1. The van der Waals surface area contributed by atoms with E-state index in [9.17, 15) is 18.0 Å². The zero-order chi connectivity index (χ0) is 21.8. The number of carbonyl (C=O) groups is 2. The number of amides is 1. The number of carbonyl (C=O) groups excluding carboxylic acids is 2. The normalized spacial score (nSPS) is 11.2. The van der Waals surface area contributed by atoms with Crippen LogP contribution >= 0.6 is 34.8 Å². The Morgan fingerprint density at radius 2 is 1.62 bits per heavy atom. The Morgan fingerprint density at radius 3 is 2.28 bits per heavy atom. The quantitative estimate of drug-likeness (QED) is 0.465. The molecule has 0 aliphatic heterocycles. The maximum Gasteiger partial charge on any atom is 0.321 e. The Hall–Kier alpha value is -1.84. The number of aryl methyl sites for hydroxylation is 2. The molecule has 0 aliphatic carbocycles. The van der Waals surface area contributed by atoms with E-state index in [1.54, 1.807) is 13.0 Å². The summed E-state index contributed by atoms with van der Waals surface area (Å²) < 4.78 is 31.4. The number of hydrogen-bond donors (Lipinski definition) is 2. The first kappa shape index (κ1) is 23.4. The molecule has 0 unspecified atom stereocenters. The smallest absolute Gasteiger partial charge is 0.321 e. The van der Waals surface area contributed by atoms with Gasteiger partial charge in [0.1, 0.15) is 6.54 Å². The van der Waals surface area contributed by atoms with E-state index in [1.807, 2.05) is 6.92 Å². The lowest BCUT2D eigenvalue weighted by Gasteiger charge is -2.10. The second kappa shape index (κ2) is 9.77. The molecule has 0 spiro atoms. The van der Waals surface area contributed by atoms with Crippen LogP contribution in [0.15, 0.2) is 35.2 Å². The average molecular weight is 480 g/mol. The van der Waals surface area contributed by atoms with Gasteiger partial charge in [0.2, 0.25) is 10.0 Å². The van der Waals surface area contributed by atoms with Gasteiger partial charge >= 0.3 is 5.97 Å². The Kier molecular flexibility index (Phi) is 7.90. The first-order valence-corrected chi connectivity index (χ1v) is 10.8. The highest BCUT2D eigenvalue weighted by molar-refractivity contribution is 7.89. The molecule has 0 bridgehead atoms. The van der Waals surface area contributed by atoms with E-state index in [4.69, 9.17) is 39.5 Å². The molecular weight excluding hydrogens is 463 g/mol. The third kappa shape index (κ3) is 6.58. The molecule has 0 atom stereocenters. The highest BCUT2D eigenvalue weighted by atomic mass is 35.5. The van der Waals surface area contributed by atoms with Crippen LogP contribution < -0.4 is 10.0 Å². The minimum absolute atomic E-state index is 0.0282. The second-order valence-corrected chi connectivity index (χ2v) is 9.01. The summed E-state index contributed by atoms with van der Waals surface area (Å²) in [5.74, 6) is -1.61. The minimum atomic E-state index is -3.89. The lowest BCUT2D eigenvalue weighted by molar-refractivity contribution is -0.146. The Labute approximate surface area is 183 Å². The van der Waals surface area contributed by atoms with Crippen molar-refractivity contribution < 1.29 is 22.7 Å². The molecule has 2 N–H and O–H groups in total. The van der Waals surface area contributed by atoms with E-state index in [0.717, 1.165) is 11.1 Å². The van der Waals surface area contributed by atoms with Gasteiger partial charge in [0.15, 0.2) is 6.61 Å². The molecule has 0 aliphatic rings. The summed E-state index contributed by atoms with van der Waals surface area (Å²) >= 11 is 17.6. The average Bonchev–Trinajstić information content (AvgIpc) is 2.65. The predicted molar refractivity (Wildman–Crippen MR) is 112 cm³/mol. The van der Waals surface area contributed by atoms with Crippen molar-refractivity contribution in [2.45, 2.75) is 18.7 Å². The molecule has 1 amide bonds. The summed E-state index contributed by atoms with van der Waals surface area (Å²) in [6, 6.07) is 7.31. The van der Waals surface area contributed by atoms with Crippen LogP contribution in [-0.4, -0.2) is 33.4 Å². The van der Waals surface area contributed by atoms with Gasteiger partial charge in [0.05, 0.1) is 25.7 Å². The van der Waals surface area contributed by atoms with Crippen molar-refractivity contribution in [2.75, 3.05) is 18.5 Å². The monoisotopic (exact) mass is 478 g/mol. The summed E-state index contributed by atoms with van der Waals surface area (Å²) in [5, 5.41) is 2.97. The summed E-state index contributed by atoms with van der Waals surface area (Å²) in [4.78, 5) is 23.7. The van der Waals surface area contributed by atoms with Gasteiger partial charge in [0, 0.05) is 0 Å². The number of nitrogens with one attached hydrogen (secondary N) is 2. The molecule has 11 heteroatoms. The van der Waals surface area contributed by atoms with Crippen LogP contribution in [-0.2, 0) is 24.3 Å². The van der Waals surface area contributed by atoms with Gasteiger partial charge in [-0.3, -0.25) is 9.59 Å². The van der Waals surface area contributed by atoms with Crippen molar-refractivity contribution >= 4 is 62.4 Å². The van der Waals surface area contributed by atoms with Gasteiger partial charge in [-0.25, -0.2) is 8.42 Å². The van der Waals surface area contributed by atoms with Gasteiger partial charge in [-0.05, 0) is 49.2 Å². The molecule has 0 saturated carbocycles. The van der Waals surface area contributed by atoms with Crippen LogP contribution in [0.25, 0.3) is 0 Å². The molecule has 0 saturated heterocycles. The number of benzene rings is 2. The molecule has 0 radical (unpaired) electrons. The highest BCUT2D eigenvalue weighted by Crippen LogP contribution is 2.32. The van der Waals surface area contributed by atoms with Crippen molar-refractivity contribution in [1.82, 2.24) is 4.72 Å². The lowest BCUT2D eigenvalue weighted by Crippen LogP contribution is -2.32. The number of sulfonamides is 1. The maximum atomic E-state index is 12.2. The second-order valence-electron chi connectivity index (χ2n) is 6.03. The number of ether oxygens (including phenoxy) is 1. The van der Waals surface area contributed by atoms with Crippen molar-refractivity contribution in [2.24, 2.45) is 0 Å². The first-order chi connectivity index (χ1) is 13.5. The van der Waals surface area contributed by atoms with E-state index in [2.05, 4.69) is 10.0 Å². The van der Waals surface area contributed by atoms with Crippen LogP contribution in [0.4, 0.5) is 5.69 Å². The van der Waals surface area contributed by atoms with Gasteiger partial charge < -0.3 is 10.1 Å². The molecule has 156 valence electrons. The fourth-order valence-electron chi connectivity index (χ4n) is 2.12. The molecule has 2 aromatic rings. The SMILES string of the molecule is Cc1ccc(S(=O)(=O)NCC(=O)OCC(=O)Nc2cc(Cl)c(Cl)cc2Cl)cc1C. The first-order valence-electron chi connectivity index (χ1n) is 8.16. The van der Waals surface area contributed by atoms with Gasteiger partial charge in [-0.2, -0.15) is 4.72 Å². The van der Waals surface area contributed by atoms with Crippen molar-refractivity contribution in [1.29, 1.82) is 0 Å². The fourth-order valence-corrected chi connectivity index (χ4v) is 3.77. The van der Waals surface area contributed by atoms with E-state index in [-0.39, 0.29) is 25.7 Å². The zero-order valence-corrected chi connectivity index (χ0v) is 18.5. The number of halogens is 3. The summed E-state index contributed by atoms with van der Waals surface area (Å²) in [7, 11) is -3.89. The largest absolute Gasteiger partial charge is 0.455 e. The summed E-state index contributed by atoms with van der Waals surface area (Å²) in [6.45, 7) is 2.37. The molecule has 7 nitrogen and oxygen atoms in total. The van der Waals surface area contributed by atoms with E-state index >= 15 is 0 Å². The molecule has 29 heavy (non-hydrogen) atoms. The van der Waals surface area contributed by atoms with E-state index in [0.29, 0.717) is 0 Å². The van der Waals surface area contributed by atoms with Crippen LogP contribution in [0.1, 0.15) is 11.1 Å². The number of rotatable bonds is 7. The number of anilines is 1. The molecule has 2 aromatic carbocycles. The Morgan fingerprint density at radius 1 is 0.966 bits per heavy atom. The summed E-state index contributed by atoms with van der Waals surface area (Å²) in [6.07, 6.45) is 0. The molecule has 2 rings (SSSR count). The zero-order valence-electron chi connectivity index (χ0n) is 15.4. The van der Waals surface area contributed by atoms with Gasteiger partial charge in [-0.15, -0.1) is 0 Å². The Balaban J connectivity index is 1.87. The molecule has 0 fully saturated rings. The van der Waals surface area contributed by atoms with Crippen molar-refractivity contribution in [3.8, 4) is 0 Å². The van der Waals surface area contributed by atoms with Crippen molar-refractivity contribution in [3.05, 3.63) is 56.5 Å². The van der Waals surface area contributed by atoms with E-state index in [1.165, 1.54) is 24.3 Å². The Bertz CT molecular complexity index is 1060. The van der Waals surface area contributed by atoms with Crippen LogP contribution in [0.3, 0.4) is 0 Å². The minimum Gasteiger partial charge on any atom is -0.455 e. The fraction of sp³-hybridized carbons (Fsp3) is 0.222. The third-order valence-electron chi connectivity index (χ3n) is 3.84. The van der Waals surface area contributed by atoms with Crippen molar-refractivity contribution in [3.63, 3.8) is 0 Å². The molecule has 0 aromatic heterocycles. The highest BCUT2D eigenvalue weighted by Gasteiger charge is 2.17. The summed E-state index contributed by atoms with van der Waals surface area (Å²) in [5.41, 5.74) is 1.93. The molecular formula is C18H17Cl3N2O5S. The van der Waals surface area contributed by atoms with Crippen LogP contribution in [0.2, 0.25) is 15.1 Å². The molecule has 0 heterocycles. The lowest BCUT2D eigenvalue weighted by atomic mass is 10.1. The third-order valence-corrected chi connectivity index (χ3v) is 6.28. The van der Waals surface area contributed by atoms with Crippen LogP contribution in [0, 0.1) is 13.8 Å². The van der Waals surface area contributed by atoms with Crippen LogP contribution in [0.5, 0.6) is 0 Å². The maximum absolute atomic E-state index is 12.2. The van der Waals surface area contributed by atoms with Gasteiger partial charge in [0.25, 0.3) is 5.91 Å².